The van der Waals surface area contributed by atoms with Crippen molar-refractivity contribution >= 4 is 21.6 Å². The molecule has 0 aliphatic heterocycles. The van der Waals surface area contributed by atoms with Gasteiger partial charge in [0, 0.05) is 23.9 Å². The highest BCUT2D eigenvalue weighted by Crippen LogP contribution is 2.19. The number of anilines is 1. The fourth-order valence-electron chi connectivity index (χ4n) is 2.85. The van der Waals surface area contributed by atoms with E-state index in [1.54, 1.807) is 0 Å². The van der Waals surface area contributed by atoms with Crippen LogP contribution in [0.1, 0.15) is 22.3 Å². The van der Waals surface area contributed by atoms with E-state index >= 15 is 0 Å². The number of amides is 1. The van der Waals surface area contributed by atoms with E-state index in [9.17, 15) is 26.4 Å². The predicted octanol–water partition coefficient (Wildman–Crippen LogP) is 4.27. The van der Waals surface area contributed by atoms with Crippen molar-refractivity contribution in [2.24, 2.45) is 0 Å². The first-order valence-corrected chi connectivity index (χ1v) is 10.8. The zero-order valence-corrected chi connectivity index (χ0v) is 17.1. The van der Waals surface area contributed by atoms with Crippen LogP contribution in [0.3, 0.4) is 0 Å². The summed E-state index contributed by atoms with van der Waals surface area (Å²) < 4.78 is 67.8. The van der Waals surface area contributed by atoms with E-state index in [0.29, 0.717) is 12.8 Å². The number of carbonyl (C=O) groups is 1. The molecule has 0 aliphatic carbocycles. The fourth-order valence-corrected chi connectivity index (χ4v) is 4.02. The van der Waals surface area contributed by atoms with Gasteiger partial charge in [-0.3, -0.25) is 4.79 Å². The topological polar surface area (TPSA) is 75.3 Å². The van der Waals surface area contributed by atoms with Crippen LogP contribution in [0, 0.1) is 17.5 Å². The van der Waals surface area contributed by atoms with E-state index < -0.39 is 38.3 Å². The van der Waals surface area contributed by atoms with Gasteiger partial charge in [0.05, 0.1) is 0 Å². The lowest BCUT2D eigenvalue weighted by molar-refractivity contribution is 0.102. The smallest absolute Gasteiger partial charge is 0.255 e. The number of sulfonamides is 1. The maximum Gasteiger partial charge on any atom is 0.255 e. The lowest BCUT2D eigenvalue weighted by Gasteiger charge is -2.10. The minimum Gasteiger partial charge on any atom is -0.322 e. The third kappa shape index (κ3) is 5.93. The van der Waals surface area contributed by atoms with Crippen LogP contribution in [-0.4, -0.2) is 20.9 Å². The van der Waals surface area contributed by atoms with Gasteiger partial charge in [-0.1, -0.05) is 30.3 Å². The summed E-state index contributed by atoms with van der Waals surface area (Å²) >= 11 is 0. The van der Waals surface area contributed by atoms with Gasteiger partial charge in [-0.15, -0.1) is 0 Å². The van der Waals surface area contributed by atoms with Crippen molar-refractivity contribution in [2.75, 3.05) is 11.9 Å². The highest BCUT2D eigenvalue weighted by molar-refractivity contribution is 7.89. The standard InChI is InChI=1S/C22H19F3N2O3S/c23-18-11-9-17(14-20(18)25)27-22(28)16-8-10-19(24)21(13-16)31(29,30)26-12-4-7-15-5-2-1-3-6-15/h1-3,5-6,8-11,13-14,26H,4,7,12H2,(H,27,28). The molecule has 0 heterocycles. The largest absolute Gasteiger partial charge is 0.322 e. The van der Waals surface area contributed by atoms with Crippen molar-refractivity contribution < 1.29 is 26.4 Å². The summed E-state index contributed by atoms with van der Waals surface area (Å²) in [6.45, 7) is 0.0853. The van der Waals surface area contributed by atoms with Crippen LogP contribution < -0.4 is 10.0 Å². The molecule has 0 aromatic heterocycles. The lowest BCUT2D eigenvalue weighted by atomic mass is 10.1. The molecule has 31 heavy (non-hydrogen) atoms. The Balaban J connectivity index is 1.68. The van der Waals surface area contributed by atoms with Crippen molar-refractivity contribution in [3.8, 4) is 0 Å². The Labute approximate surface area is 178 Å². The number of aryl methyl sites for hydroxylation is 1. The minimum absolute atomic E-state index is 0.0309. The summed E-state index contributed by atoms with van der Waals surface area (Å²) in [6.07, 6.45) is 1.14. The molecule has 0 atom stereocenters. The van der Waals surface area contributed by atoms with Gasteiger partial charge in [-0.25, -0.2) is 26.3 Å². The number of hydrogen-bond acceptors (Lipinski definition) is 3. The molecule has 0 aliphatic rings. The van der Waals surface area contributed by atoms with Gasteiger partial charge < -0.3 is 5.32 Å². The molecule has 0 radical (unpaired) electrons. The molecule has 0 saturated carbocycles. The Morgan fingerprint density at radius 3 is 2.26 bits per heavy atom. The first-order chi connectivity index (χ1) is 14.8. The van der Waals surface area contributed by atoms with E-state index in [1.807, 2.05) is 30.3 Å². The van der Waals surface area contributed by atoms with E-state index in [0.717, 1.165) is 42.0 Å². The van der Waals surface area contributed by atoms with E-state index in [2.05, 4.69) is 10.0 Å². The summed E-state index contributed by atoms with van der Waals surface area (Å²) in [5, 5.41) is 2.31. The molecular weight excluding hydrogens is 429 g/mol. The molecule has 9 heteroatoms. The molecule has 3 aromatic rings. The quantitative estimate of drug-likeness (QED) is 0.506. The zero-order valence-electron chi connectivity index (χ0n) is 16.2. The summed E-state index contributed by atoms with van der Waals surface area (Å²) in [7, 11) is -4.20. The minimum atomic E-state index is -4.20. The van der Waals surface area contributed by atoms with E-state index in [-0.39, 0.29) is 17.8 Å². The average molecular weight is 448 g/mol. The normalized spacial score (nSPS) is 11.3. The van der Waals surface area contributed by atoms with Gasteiger partial charge in [0.1, 0.15) is 10.7 Å². The molecule has 1 amide bonds. The second kappa shape index (κ2) is 9.76. The third-order valence-electron chi connectivity index (χ3n) is 4.44. The second-order valence-electron chi connectivity index (χ2n) is 6.72. The van der Waals surface area contributed by atoms with Gasteiger partial charge in [0.2, 0.25) is 10.0 Å². The molecule has 0 bridgehead atoms. The van der Waals surface area contributed by atoms with Gasteiger partial charge in [-0.2, -0.15) is 0 Å². The SMILES string of the molecule is O=C(Nc1ccc(F)c(F)c1)c1ccc(F)c(S(=O)(=O)NCCCc2ccccc2)c1. The summed E-state index contributed by atoms with van der Waals surface area (Å²) in [5.74, 6) is -4.04. The van der Waals surface area contributed by atoms with Crippen molar-refractivity contribution in [1.29, 1.82) is 0 Å². The number of rotatable bonds is 8. The van der Waals surface area contributed by atoms with Gasteiger partial charge in [0.25, 0.3) is 5.91 Å². The number of halogens is 3. The summed E-state index contributed by atoms with van der Waals surface area (Å²) in [4.78, 5) is 11.7. The zero-order chi connectivity index (χ0) is 22.4. The molecule has 162 valence electrons. The summed E-state index contributed by atoms with van der Waals surface area (Å²) in [5.41, 5.74) is 0.858. The van der Waals surface area contributed by atoms with Crippen molar-refractivity contribution in [2.45, 2.75) is 17.7 Å². The summed E-state index contributed by atoms with van der Waals surface area (Å²) in [6, 6.07) is 15.1. The van der Waals surface area contributed by atoms with Crippen LogP contribution in [0.5, 0.6) is 0 Å². The first kappa shape index (κ1) is 22.5. The lowest BCUT2D eigenvalue weighted by Crippen LogP contribution is -2.26. The molecule has 0 spiro atoms. The van der Waals surface area contributed by atoms with Crippen LogP contribution in [-0.2, 0) is 16.4 Å². The van der Waals surface area contributed by atoms with Crippen molar-refractivity contribution in [3.63, 3.8) is 0 Å². The number of nitrogens with one attached hydrogen (secondary N) is 2. The van der Waals surface area contributed by atoms with Gasteiger partial charge in [0.15, 0.2) is 11.6 Å². The monoisotopic (exact) mass is 448 g/mol. The second-order valence-corrected chi connectivity index (χ2v) is 8.45. The fraction of sp³-hybridized carbons (Fsp3) is 0.136. The number of hydrogen-bond donors (Lipinski definition) is 2. The molecular formula is C22H19F3N2O3S. The first-order valence-electron chi connectivity index (χ1n) is 9.36. The molecule has 3 rings (SSSR count). The van der Waals surface area contributed by atoms with Crippen molar-refractivity contribution in [3.05, 3.63) is 95.3 Å². The molecule has 0 unspecified atom stereocenters. The van der Waals surface area contributed by atoms with Crippen LogP contribution in [0.2, 0.25) is 0 Å². The Bertz CT molecular complexity index is 1190. The van der Waals surface area contributed by atoms with Crippen LogP contribution >= 0.6 is 0 Å². The Kier molecular flexibility index (Phi) is 7.09. The maximum absolute atomic E-state index is 14.2. The molecule has 0 saturated heterocycles. The predicted molar refractivity (Wildman–Crippen MR) is 111 cm³/mol. The number of benzene rings is 3. The molecule has 5 nitrogen and oxygen atoms in total. The molecule has 0 fully saturated rings. The Morgan fingerprint density at radius 1 is 0.839 bits per heavy atom. The highest BCUT2D eigenvalue weighted by Gasteiger charge is 2.21. The molecule has 3 aromatic carbocycles. The van der Waals surface area contributed by atoms with E-state index in [4.69, 9.17) is 0 Å². The van der Waals surface area contributed by atoms with Crippen LogP contribution in [0.4, 0.5) is 18.9 Å². The van der Waals surface area contributed by atoms with Crippen LogP contribution in [0.15, 0.2) is 71.6 Å². The van der Waals surface area contributed by atoms with Crippen LogP contribution in [0.25, 0.3) is 0 Å². The third-order valence-corrected chi connectivity index (χ3v) is 5.91. The maximum atomic E-state index is 14.2. The Morgan fingerprint density at radius 2 is 1.55 bits per heavy atom. The highest BCUT2D eigenvalue weighted by atomic mass is 32.2. The van der Waals surface area contributed by atoms with Gasteiger partial charge >= 0.3 is 0 Å². The van der Waals surface area contributed by atoms with Gasteiger partial charge in [-0.05, 0) is 48.7 Å². The van der Waals surface area contributed by atoms with Crippen molar-refractivity contribution in [1.82, 2.24) is 4.72 Å². The van der Waals surface area contributed by atoms with E-state index in [1.165, 1.54) is 0 Å². The average Bonchev–Trinajstić information content (AvgIpc) is 2.75. The Hall–Kier alpha value is -3.17. The molecule has 2 N–H and O–H groups in total. The number of carbonyl (C=O) groups excluding carboxylic acids is 1.